The number of pyridine rings is 1. The lowest BCUT2D eigenvalue weighted by Gasteiger charge is -2.11. The van der Waals surface area contributed by atoms with Crippen molar-refractivity contribution in [3.63, 3.8) is 0 Å². The molecule has 0 saturated carbocycles. The van der Waals surface area contributed by atoms with Crippen LogP contribution in [0.5, 0.6) is 5.75 Å². The molecule has 2 rings (SSSR count). The summed E-state index contributed by atoms with van der Waals surface area (Å²) in [6.45, 7) is 4.80. The summed E-state index contributed by atoms with van der Waals surface area (Å²) in [5.41, 5.74) is 2.53. The largest absolute Gasteiger partial charge is 0.495 e. The molecule has 0 bridgehead atoms. The van der Waals surface area contributed by atoms with E-state index in [4.69, 9.17) is 4.74 Å². The molecule has 0 aliphatic heterocycles. The molecule has 0 unspecified atom stereocenters. The molecule has 2 aromatic rings. The number of hydrogen-bond donors (Lipinski definition) is 2. The second-order valence-corrected chi connectivity index (χ2v) is 5.37. The minimum Gasteiger partial charge on any atom is -0.495 e. The van der Waals surface area contributed by atoms with Gasteiger partial charge in [0.05, 0.1) is 18.4 Å². The molecule has 2 N–H and O–H groups in total. The molecule has 122 valence electrons. The smallest absolute Gasteiger partial charge is 0.252 e. The maximum Gasteiger partial charge on any atom is 0.252 e. The average Bonchev–Trinajstić information content (AvgIpc) is 2.56. The molecule has 0 spiro atoms. The fourth-order valence-corrected chi connectivity index (χ4v) is 2.14. The van der Waals surface area contributed by atoms with Crippen LogP contribution in [0.25, 0.3) is 0 Å². The number of aromatic nitrogens is 1. The number of carbonyl (C=O) groups is 1. The number of amides is 1. The van der Waals surface area contributed by atoms with Crippen LogP contribution >= 0.6 is 0 Å². The minimum absolute atomic E-state index is 0.0920. The highest BCUT2D eigenvalue weighted by Gasteiger charge is 2.07. The SMILES string of the molecule is CCCCNC(=O)c1ccc(Nc2cc(C)ccc2OC)nc1. The minimum atomic E-state index is -0.0920. The molecular formula is C18H23N3O2. The summed E-state index contributed by atoms with van der Waals surface area (Å²) in [4.78, 5) is 16.2. The topological polar surface area (TPSA) is 63.2 Å². The van der Waals surface area contributed by atoms with Gasteiger partial charge in [-0.05, 0) is 43.2 Å². The fraction of sp³-hybridized carbons (Fsp3) is 0.333. The summed E-state index contributed by atoms with van der Waals surface area (Å²) in [5, 5.41) is 6.09. The van der Waals surface area contributed by atoms with E-state index in [0.29, 0.717) is 17.9 Å². The molecule has 0 radical (unpaired) electrons. The first kappa shape index (κ1) is 16.8. The molecule has 5 heteroatoms. The number of rotatable bonds is 7. The Morgan fingerprint density at radius 1 is 1.26 bits per heavy atom. The summed E-state index contributed by atoms with van der Waals surface area (Å²) >= 11 is 0. The Morgan fingerprint density at radius 3 is 2.74 bits per heavy atom. The van der Waals surface area contributed by atoms with Crippen molar-refractivity contribution in [2.24, 2.45) is 0 Å². The van der Waals surface area contributed by atoms with Gasteiger partial charge < -0.3 is 15.4 Å². The zero-order valence-corrected chi connectivity index (χ0v) is 13.8. The maximum absolute atomic E-state index is 11.9. The molecule has 0 saturated heterocycles. The molecule has 0 atom stereocenters. The van der Waals surface area contributed by atoms with Crippen molar-refractivity contribution in [2.45, 2.75) is 26.7 Å². The van der Waals surface area contributed by atoms with Crippen LogP contribution in [0, 0.1) is 6.92 Å². The van der Waals surface area contributed by atoms with E-state index >= 15 is 0 Å². The number of aryl methyl sites for hydroxylation is 1. The molecule has 1 heterocycles. The number of nitrogens with one attached hydrogen (secondary N) is 2. The maximum atomic E-state index is 11.9. The lowest BCUT2D eigenvalue weighted by atomic mass is 10.2. The number of anilines is 2. The van der Waals surface area contributed by atoms with E-state index in [9.17, 15) is 4.79 Å². The third-order valence-corrected chi connectivity index (χ3v) is 3.46. The Bertz CT molecular complexity index is 654. The molecule has 1 aromatic heterocycles. The van der Waals surface area contributed by atoms with Crippen LogP contribution in [-0.4, -0.2) is 24.5 Å². The van der Waals surface area contributed by atoms with E-state index in [0.717, 1.165) is 29.8 Å². The fourth-order valence-electron chi connectivity index (χ4n) is 2.14. The Morgan fingerprint density at radius 2 is 2.09 bits per heavy atom. The van der Waals surface area contributed by atoms with Crippen LogP contribution in [0.15, 0.2) is 36.5 Å². The van der Waals surface area contributed by atoms with Crippen LogP contribution < -0.4 is 15.4 Å². The summed E-state index contributed by atoms with van der Waals surface area (Å²) in [7, 11) is 1.63. The van der Waals surface area contributed by atoms with E-state index in [1.807, 2.05) is 25.1 Å². The van der Waals surface area contributed by atoms with Gasteiger partial charge in [0.2, 0.25) is 0 Å². The number of unbranched alkanes of at least 4 members (excludes halogenated alkanes) is 1. The first-order chi connectivity index (χ1) is 11.1. The normalized spacial score (nSPS) is 10.2. The molecule has 0 aliphatic rings. The first-order valence-corrected chi connectivity index (χ1v) is 7.80. The Kier molecular flexibility index (Phi) is 5.97. The number of nitrogens with zero attached hydrogens (tertiary/aromatic N) is 1. The van der Waals surface area contributed by atoms with Gasteiger partial charge >= 0.3 is 0 Å². The quantitative estimate of drug-likeness (QED) is 0.766. The number of benzene rings is 1. The molecular weight excluding hydrogens is 290 g/mol. The lowest BCUT2D eigenvalue weighted by molar-refractivity contribution is 0.0953. The Labute approximate surface area is 137 Å². The second kappa shape index (κ2) is 8.17. The van der Waals surface area contributed by atoms with Crippen molar-refractivity contribution in [3.8, 4) is 5.75 Å². The van der Waals surface area contributed by atoms with Crippen molar-refractivity contribution in [3.05, 3.63) is 47.7 Å². The molecule has 5 nitrogen and oxygen atoms in total. The van der Waals surface area contributed by atoms with Gasteiger partial charge in [-0.2, -0.15) is 0 Å². The average molecular weight is 313 g/mol. The van der Waals surface area contributed by atoms with Crippen molar-refractivity contribution in [1.29, 1.82) is 0 Å². The highest BCUT2D eigenvalue weighted by molar-refractivity contribution is 5.94. The summed E-state index contributed by atoms with van der Waals surface area (Å²) < 4.78 is 5.34. The first-order valence-electron chi connectivity index (χ1n) is 7.80. The molecule has 23 heavy (non-hydrogen) atoms. The van der Waals surface area contributed by atoms with Crippen molar-refractivity contribution < 1.29 is 9.53 Å². The summed E-state index contributed by atoms with van der Waals surface area (Å²) in [5.74, 6) is 1.32. The molecule has 0 aliphatic carbocycles. The number of ether oxygens (including phenoxy) is 1. The van der Waals surface area contributed by atoms with Gasteiger partial charge in [-0.3, -0.25) is 4.79 Å². The van der Waals surface area contributed by atoms with Crippen molar-refractivity contribution in [1.82, 2.24) is 10.3 Å². The summed E-state index contributed by atoms with van der Waals surface area (Å²) in [6.07, 6.45) is 3.61. The molecule has 1 aromatic carbocycles. The lowest BCUT2D eigenvalue weighted by Crippen LogP contribution is -2.24. The van der Waals surface area contributed by atoms with Gasteiger partial charge in [0.1, 0.15) is 11.6 Å². The molecule has 1 amide bonds. The van der Waals surface area contributed by atoms with Crippen LogP contribution in [0.3, 0.4) is 0 Å². The Balaban J connectivity index is 2.05. The van der Waals surface area contributed by atoms with Gasteiger partial charge in [0.25, 0.3) is 5.91 Å². The van der Waals surface area contributed by atoms with Gasteiger partial charge in [-0.25, -0.2) is 4.98 Å². The van der Waals surface area contributed by atoms with Gasteiger partial charge in [0, 0.05) is 12.7 Å². The third kappa shape index (κ3) is 4.71. The highest BCUT2D eigenvalue weighted by Crippen LogP contribution is 2.27. The molecule has 0 fully saturated rings. The highest BCUT2D eigenvalue weighted by atomic mass is 16.5. The number of methoxy groups -OCH3 is 1. The summed E-state index contributed by atoms with van der Waals surface area (Å²) in [6, 6.07) is 9.44. The monoisotopic (exact) mass is 313 g/mol. The van der Waals surface area contributed by atoms with Crippen LogP contribution in [-0.2, 0) is 0 Å². The van der Waals surface area contributed by atoms with Crippen molar-refractivity contribution >= 4 is 17.4 Å². The van der Waals surface area contributed by atoms with E-state index < -0.39 is 0 Å². The van der Waals surface area contributed by atoms with Crippen LogP contribution in [0.2, 0.25) is 0 Å². The van der Waals surface area contributed by atoms with Gasteiger partial charge in [-0.1, -0.05) is 19.4 Å². The number of hydrogen-bond acceptors (Lipinski definition) is 4. The third-order valence-electron chi connectivity index (χ3n) is 3.46. The standard InChI is InChI=1S/C18H23N3O2/c1-4-5-10-19-18(22)14-7-9-17(20-12-14)21-15-11-13(2)6-8-16(15)23-3/h6-9,11-12H,4-5,10H2,1-3H3,(H,19,22)(H,20,21). The zero-order chi connectivity index (χ0) is 16.7. The van der Waals surface area contributed by atoms with E-state index in [1.165, 1.54) is 0 Å². The predicted molar refractivity (Wildman–Crippen MR) is 92.5 cm³/mol. The zero-order valence-electron chi connectivity index (χ0n) is 13.8. The predicted octanol–water partition coefficient (Wildman–Crippen LogP) is 3.67. The van der Waals surface area contributed by atoms with E-state index in [-0.39, 0.29) is 5.91 Å². The van der Waals surface area contributed by atoms with Gasteiger partial charge in [0.15, 0.2) is 0 Å². The van der Waals surface area contributed by atoms with Gasteiger partial charge in [-0.15, -0.1) is 0 Å². The van der Waals surface area contributed by atoms with Crippen LogP contribution in [0.1, 0.15) is 35.7 Å². The van der Waals surface area contributed by atoms with E-state index in [1.54, 1.807) is 25.4 Å². The Hall–Kier alpha value is -2.56. The van der Waals surface area contributed by atoms with Crippen LogP contribution in [0.4, 0.5) is 11.5 Å². The van der Waals surface area contributed by atoms with E-state index in [2.05, 4.69) is 22.5 Å². The second-order valence-electron chi connectivity index (χ2n) is 5.37. The number of carbonyl (C=O) groups excluding carboxylic acids is 1. The van der Waals surface area contributed by atoms with Crippen molar-refractivity contribution in [2.75, 3.05) is 19.0 Å².